The predicted octanol–water partition coefficient (Wildman–Crippen LogP) is 3.42. The fourth-order valence-electron chi connectivity index (χ4n) is 4.25. The molecule has 1 N–H and O–H groups in total. The zero-order valence-electron chi connectivity index (χ0n) is 17.9. The Bertz CT molecular complexity index is 440. The van der Waals surface area contributed by atoms with Crippen LogP contribution in [0.5, 0.6) is 0 Å². The van der Waals surface area contributed by atoms with Crippen LogP contribution >= 0.6 is 24.0 Å². The van der Waals surface area contributed by atoms with Gasteiger partial charge in [-0.3, -0.25) is 9.89 Å². The number of likely N-dealkylation sites (tertiary alicyclic amines) is 2. The predicted molar refractivity (Wildman–Crippen MR) is 128 cm³/mol. The van der Waals surface area contributed by atoms with Crippen LogP contribution in [0.2, 0.25) is 0 Å². The van der Waals surface area contributed by atoms with Gasteiger partial charge in [-0.05, 0) is 78.7 Å². The summed E-state index contributed by atoms with van der Waals surface area (Å²) in [5.41, 5.74) is 0.259. The Kier molecular flexibility index (Phi) is 11.9. The molecule has 2 aliphatic heterocycles. The van der Waals surface area contributed by atoms with E-state index in [0.29, 0.717) is 0 Å². The van der Waals surface area contributed by atoms with Crippen LogP contribution in [-0.4, -0.2) is 86.1 Å². The van der Waals surface area contributed by atoms with E-state index in [0.717, 1.165) is 38.4 Å². The number of piperidine rings is 2. The number of halogens is 1. The number of guanidine groups is 1. The summed E-state index contributed by atoms with van der Waals surface area (Å²) in [6, 6.07) is 0. The van der Waals surface area contributed by atoms with Gasteiger partial charge >= 0.3 is 0 Å². The van der Waals surface area contributed by atoms with E-state index in [-0.39, 0.29) is 29.5 Å². The van der Waals surface area contributed by atoms with E-state index in [2.05, 4.69) is 47.6 Å². The van der Waals surface area contributed by atoms with Crippen LogP contribution in [0, 0.1) is 0 Å². The molecule has 0 bridgehead atoms. The van der Waals surface area contributed by atoms with Crippen LogP contribution < -0.4 is 5.32 Å². The molecule has 0 aliphatic carbocycles. The van der Waals surface area contributed by atoms with E-state index in [1.54, 1.807) is 0 Å². The smallest absolute Gasteiger partial charge is 0.193 e. The van der Waals surface area contributed by atoms with Gasteiger partial charge in [0.05, 0.1) is 6.54 Å². The Morgan fingerprint density at radius 2 is 1.85 bits per heavy atom. The Morgan fingerprint density at radius 1 is 1.19 bits per heavy atom. The topological polar surface area (TPSA) is 34.1 Å². The molecule has 5 nitrogen and oxygen atoms in total. The molecule has 27 heavy (non-hydrogen) atoms. The molecule has 0 saturated carbocycles. The Balaban J connectivity index is 0.00000364. The van der Waals surface area contributed by atoms with Gasteiger partial charge in [0.1, 0.15) is 0 Å². The summed E-state index contributed by atoms with van der Waals surface area (Å²) in [7, 11) is 4.41. The number of unbranched alkanes of at least 4 members (excludes halogenated alkanes) is 1. The highest BCUT2D eigenvalue weighted by atomic mass is 127. The average molecular weight is 492 g/mol. The molecule has 0 aromatic carbocycles. The third kappa shape index (κ3) is 7.54. The van der Waals surface area contributed by atoms with E-state index >= 15 is 0 Å². The van der Waals surface area contributed by atoms with E-state index in [9.17, 15) is 0 Å². The third-order valence-corrected chi connectivity index (χ3v) is 6.07. The van der Waals surface area contributed by atoms with Gasteiger partial charge < -0.3 is 15.1 Å². The SMILES string of the molecule is C=CCCCN(C)C(=NCC1(N2CCCCC2)CCN(C)CC1)NCC.I. The maximum Gasteiger partial charge on any atom is 0.193 e. The van der Waals surface area contributed by atoms with Gasteiger partial charge in [0.15, 0.2) is 5.96 Å². The zero-order chi connectivity index (χ0) is 18.8. The molecule has 0 atom stereocenters. The highest BCUT2D eigenvalue weighted by Gasteiger charge is 2.39. The van der Waals surface area contributed by atoms with Crippen molar-refractivity contribution in [3.8, 4) is 0 Å². The van der Waals surface area contributed by atoms with Gasteiger partial charge in [-0.25, -0.2) is 0 Å². The minimum Gasteiger partial charge on any atom is -0.357 e. The lowest BCUT2D eigenvalue weighted by molar-refractivity contribution is 0.0207. The van der Waals surface area contributed by atoms with E-state index in [1.807, 2.05) is 6.08 Å². The summed E-state index contributed by atoms with van der Waals surface area (Å²) >= 11 is 0. The number of aliphatic imine (C=N–C) groups is 1. The second-order valence-electron chi connectivity index (χ2n) is 8.10. The molecule has 0 unspecified atom stereocenters. The largest absolute Gasteiger partial charge is 0.357 e. The van der Waals surface area contributed by atoms with Crippen molar-refractivity contribution in [1.82, 2.24) is 20.0 Å². The first-order valence-corrected chi connectivity index (χ1v) is 10.7. The number of nitrogens with one attached hydrogen (secondary N) is 1. The fourth-order valence-corrected chi connectivity index (χ4v) is 4.25. The highest BCUT2D eigenvalue weighted by Crippen LogP contribution is 2.31. The maximum absolute atomic E-state index is 5.13. The molecule has 6 heteroatoms. The minimum atomic E-state index is 0. The Labute approximate surface area is 184 Å². The molecule has 0 radical (unpaired) electrons. The van der Waals surface area contributed by atoms with Gasteiger partial charge in [-0.2, -0.15) is 0 Å². The molecule has 0 aromatic rings. The van der Waals surface area contributed by atoms with Crippen LogP contribution in [-0.2, 0) is 0 Å². The summed E-state index contributed by atoms with van der Waals surface area (Å²) in [6.45, 7) is 13.8. The van der Waals surface area contributed by atoms with E-state index in [1.165, 1.54) is 58.3 Å². The standard InChI is InChI=1S/C21H41N5.HI/c1-5-7-9-14-25(4)20(22-6-2)23-19-21(12-17-24(3)18-13-21)26-15-10-8-11-16-26;/h5H,1,6-19H2,2-4H3,(H,22,23);1H. The average Bonchev–Trinajstić information content (AvgIpc) is 2.67. The summed E-state index contributed by atoms with van der Waals surface area (Å²) in [5.74, 6) is 1.06. The summed E-state index contributed by atoms with van der Waals surface area (Å²) in [4.78, 5) is 12.7. The molecule has 158 valence electrons. The van der Waals surface area contributed by atoms with Crippen LogP contribution in [0.25, 0.3) is 0 Å². The van der Waals surface area contributed by atoms with Crippen molar-refractivity contribution in [2.45, 2.75) is 57.4 Å². The van der Waals surface area contributed by atoms with Crippen molar-refractivity contribution in [1.29, 1.82) is 0 Å². The molecule has 2 rings (SSSR count). The number of hydrogen-bond donors (Lipinski definition) is 1. The van der Waals surface area contributed by atoms with Gasteiger partial charge in [-0.1, -0.05) is 12.5 Å². The molecule has 0 spiro atoms. The van der Waals surface area contributed by atoms with Crippen molar-refractivity contribution in [3.63, 3.8) is 0 Å². The van der Waals surface area contributed by atoms with E-state index < -0.39 is 0 Å². The first-order valence-electron chi connectivity index (χ1n) is 10.7. The lowest BCUT2D eigenvalue weighted by Crippen LogP contribution is -2.58. The number of allylic oxidation sites excluding steroid dienone is 1. The second kappa shape index (κ2) is 13.0. The van der Waals surface area contributed by atoms with Crippen LogP contribution in [0.3, 0.4) is 0 Å². The van der Waals surface area contributed by atoms with Gasteiger partial charge in [0.25, 0.3) is 0 Å². The van der Waals surface area contributed by atoms with Gasteiger partial charge in [0, 0.05) is 25.7 Å². The monoisotopic (exact) mass is 491 g/mol. The number of hydrogen-bond acceptors (Lipinski definition) is 3. The first-order chi connectivity index (χ1) is 12.6. The van der Waals surface area contributed by atoms with Crippen molar-refractivity contribution in [2.75, 3.05) is 59.9 Å². The molecule has 0 aromatic heterocycles. The van der Waals surface area contributed by atoms with Crippen molar-refractivity contribution in [2.24, 2.45) is 4.99 Å². The molecule has 0 amide bonds. The number of rotatable bonds is 8. The van der Waals surface area contributed by atoms with Crippen LogP contribution in [0.4, 0.5) is 0 Å². The minimum absolute atomic E-state index is 0. The quantitative estimate of drug-likeness (QED) is 0.186. The summed E-state index contributed by atoms with van der Waals surface area (Å²) < 4.78 is 0. The highest BCUT2D eigenvalue weighted by molar-refractivity contribution is 14.0. The van der Waals surface area contributed by atoms with Crippen molar-refractivity contribution in [3.05, 3.63) is 12.7 Å². The third-order valence-electron chi connectivity index (χ3n) is 6.07. The lowest BCUT2D eigenvalue weighted by atomic mass is 9.84. The van der Waals surface area contributed by atoms with Crippen LogP contribution in [0.15, 0.2) is 17.6 Å². The molecular formula is C21H42IN5. The molecule has 2 aliphatic rings. The number of nitrogens with zero attached hydrogens (tertiary/aromatic N) is 4. The first kappa shape index (κ1) is 24.7. The van der Waals surface area contributed by atoms with Crippen molar-refractivity contribution >= 4 is 29.9 Å². The zero-order valence-corrected chi connectivity index (χ0v) is 20.2. The normalized spacial score (nSPS) is 21.4. The molecule has 2 saturated heterocycles. The van der Waals surface area contributed by atoms with Gasteiger partial charge in [0.2, 0.25) is 0 Å². The van der Waals surface area contributed by atoms with Crippen LogP contribution in [0.1, 0.15) is 51.9 Å². The lowest BCUT2D eigenvalue weighted by Gasteiger charge is -2.49. The second-order valence-corrected chi connectivity index (χ2v) is 8.10. The molecular weight excluding hydrogens is 449 g/mol. The van der Waals surface area contributed by atoms with E-state index in [4.69, 9.17) is 4.99 Å². The van der Waals surface area contributed by atoms with Crippen molar-refractivity contribution < 1.29 is 0 Å². The maximum atomic E-state index is 5.13. The summed E-state index contributed by atoms with van der Waals surface area (Å²) in [6.07, 6.45) is 10.8. The molecule has 2 heterocycles. The Morgan fingerprint density at radius 3 is 2.44 bits per heavy atom. The molecule has 2 fully saturated rings. The fraction of sp³-hybridized carbons (Fsp3) is 0.857. The summed E-state index contributed by atoms with van der Waals surface area (Å²) in [5, 5.41) is 3.50. The van der Waals surface area contributed by atoms with Gasteiger partial charge in [-0.15, -0.1) is 30.6 Å². The Hall–Kier alpha value is -0.340.